The van der Waals surface area contributed by atoms with Crippen LogP contribution in [0.15, 0.2) is 47.7 Å². The molecule has 0 fully saturated rings. The number of allylic oxidation sites excluding steroid dienone is 3. The fraction of sp³-hybridized carbons (Fsp3) is 0.250. The maximum atomic E-state index is 10.9. The van der Waals surface area contributed by atoms with E-state index in [1.807, 2.05) is 30.1 Å². The van der Waals surface area contributed by atoms with Crippen molar-refractivity contribution >= 4 is 11.7 Å². The van der Waals surface area contributed by atoms with Crippen molar-refractivity contribution in [1.82, 2.24) is 0 Å². The monoisotopic (exact) mass is 268 g/mol. The van der Waals surface area contributed by atoms with Gasteiger partial charge in [0.05, 0.1) is 0 Å². The molecule has 0 amide bonds. The zero-order chi connectivity index (χ0) is 14.9. The lowest BCUT2D eigenvalue weighted by atomic mass is 9.83. The van der Waals surface area contributed by atoms with Gasteiger partial charge < -0.3 is 10.0 Å². The standard InChI is InChI=1S/C16H16N2O2/c1-16(2)12-6-4-5-7-13(12)18(3)14(16)9-8-11(10-17)15(19)20/h4-9H,1-3H3,(H,19,20)/b11-8+,14-9-. The van der Waals surface area contributed by atoms with E-state index in [1.54, 1.807) is 12.1 Å². The number of fused-ring (bicyclic) bond motifs is 1. The van der Waals surface area contributed by atoms with E-state index in [0.29, 0.717) is 0 Å². The summed E-state index contributed by atoms with van der Waals surface area (Å²) in [7, 11) is 1.94. The first-order valence-corrected chi connectivity index (χ1v) is 6.28. The summed E-state index contributed by atoms with van der Waals surface area (Å²) in [6.07, 6.45) is 3.08. The van der Waals surface area contributed by atoms with Crippen LogP contribution in [-0.4, -0.2) is 18.1 Å². The van der Waals surface area contributed by atoms with Gasteiger partial charge in [0.1, 0.15) is 11.6 Å². The van der Waals surface area contributed by atoms with Gasteiger partial charge >= 0.3 is 5.97 Å². The highest BCUT2D eigenvalue weighted by Gasteiger charge is 2.37. The fourth-order valence-electron chi connectivity index (χ4n) is 2.62. The Morgan fingerprint density at radius 1 is 1.40 bits per heavy atom. The second-order valence-corrected chi connectivity index (χ2v) is 5.25. The number of carboxylic acids is 1. The Bertz CT molecular complexity index is 663. The summed E-state index contributed by atoms with van der Waals surface area (Å²) in [6, 6.07) is 9.75. The minimum atomic E-state index is -1.21. The number of benzene rings is 1. The number of carboxylic acid groups (broad SMARTS) is 1. The molecule has 0 saturated heterocycles. The van der Waals surface area contributed by atoms with Crippen LogP contribution in [0, 0.1) is 11.3 Å². The number of nitrogens with zero attached hydrogens (tertiary/aromatic N) is 2. The van der Waals surface area contributed by atoms with E-state index in [4.69, 9.17) is 10.4 Å². The summed E-state index contributed by atoms with van der Waals surface area (Å²) in [5.41, 5.74) is 2.77. The molecule has 1 aromatic carbocycles. The molecular weight excluding hydrogens is 252 g/mol. The van der Waals surface area contributed by atoms with E-state index in [-0.39, 0.29) is 11.0 Å². The number of hydrogen-bond donors (Lipinski definition) is 1. The van der Waals surface area contributed by atoms with Crippen molar-refractivity contribution < 1.29 is 9.90 Å². The summed E-state index contributed by atoms with van der Waals surface area (Å²) >= 11 is 0. The summed E-state index contributed by atoms with van der Waals surface area (Å²) in [6.45, 7) is 4.17. The zero-order valence-corrected chi connectivity index (χ0v) is 11.7. The lowest BCUT2D eigenvalue weighted by Gasteiger charge is -2.23. The number of rotatable bonds is 2. The molecule has 0 spiro atoms. The average Bonchev–Trinajstić information content (AvgIpc) is 2.60. The second-order valence-electron chi connectivity index (χ2n) is 5.25. The van der Waals surface area contributed by atoms with Crippen LogP contribution in [0.3, 0.4) is 0 Å². The molecule has 0 bridgehead atoms. The molecule has 102 valence electrons. The molecule has 0 aromatic heterocycles. The van der Waals surface area contributed by atoms with E-state index in [9.17, 15) is 4.79 Å². The van der Waals surface area contributed by atoms with Gasteiger partial charge in [-0.3, -0.25) is 0 Å². The topological polar surface area (TPSA) is 64.3 Å². The number of para-hydroxylation sites is 1. The maximum Gasteiger partial charge on any atom is 0.346 e. The molecule has 20 heavy (non-hydrogen) atoms. The number of carbonyl (C=O) groups is 1. The maximum absolute atomic E-state index is 10.9. The lowest BCUT2D eigenvalue weighted by Crippen LogP contribution is -2.22. The Kier molecular flexibility index (Phi) is 3.37. The predicted octanol–water partition coefficient (Wildman–Crippen LogP) is 2.83. The molecule has 1 heterocycles. The van der Waals surface area contributed by atoms with Crippen LogP contribution in [0.1, 0.15) is 19.4 Å². The van der Waals surface area contributed by atoms with Crippen molar-refractivity contribution in [2.24, 2.45) is 0 Å². The molecular formula is C16H16N2O2. The van der Waals surface area contributed by atoms with Crippen LogP contribution in [0.2, 0.25) is 0 Å². The van der Waals surface area contributed by atoms with Crippen molar-refractivity contribution in [2.45, 2.75) is 19.3 Å². The molecule has 1 aliphatic rings. The molecule has 0 aliphatic carbocycles. The van der Waals surface area contributed by atoms with Crippen LogP contribution in [0.25, 0.3) is 0 Å². The number of nitriles is 1. The molecule has 0 atom stereocenters. The van der Waals surface area contributed by atoms with Crippen molar-refractivity contribution in [3.05, 3.63) is 53.3 Å². The molecule has 1 aliphatic heterocycles. The van der Waals surface area contributed by atoms with Gasteiger partial charge in [-0.15, -0.1) is 0 Å². The van der Waals surface area contributed by atoms with Crippen molar-refractivity contribution in [3.8, 4) is 6.07 Å². The Morgan fingerprint density at radius 3 is 2.60 bits per heavy atom. The number of aliphatic carboxylic acids is 1. The van der Waals surface area contributed by atoms with Crippen molar-refractivity contribution in [3.63, 3.8) is 0 Å². The fourth-order valence-corrected chi connectivity index (χ4v) is 2.62. The van der Waals surface area contributed by atoms with Gasteiger partial charge in [0, 0.05) is 23.8 Å². The normalized spacial score (nSPS) is 18.8. The third kappa shape index (κ3) is 2.08. The molecule has 0 radical (unpaired) electrons. The molecule has 4 nitrogen and oxygen atoms in total. The quantitative estimate of drug-likeness (QED) is 0.661. The first-order chi connectivity index (χ1) is 9.39. The van der Waals surface area contributed by atoms with E-state index < -0.39 is 5.97 Å². The number of likely N-dealkylation sites (N-methyl/N-ethyl adjacent to an activating group) is 1. The predicted molar refractivity (Wildman–Crippen MR) is 77.3 cm³/mol. The molecule has 4 heteroatoms. The van der Waals surface area contributed by atoms with Gasteiger partial charge in [-0.2, -0.15) is 5.26 Å². The Balaban J connectivity index is 2.51. The van der Waals surface area contributed by atoms with Gasteiger partial charge in [-0.1, -0.05) is 32.0 Å². The van der Waals surface area contributed by atoms with E-state index >= 15 is 0 Å². The Labute approximate surface area is 118 Å². The van der Waals surface area contributed by atoms with Crippen LogP contribution in [-0.2, 0) is 10.2 Å². The third-order valence-electron chi connectivity index (χ3n) is 3.70. The van der Waals surface area contributed by atoms with Crippen molar-refractivity contribution in [1.29, 1.82) is 5.26 Å². The van der Waals surface area contributed by atoms with Crippen LogP contribution in [0.5, 0.6) is 0 Å². The van der Waals surface area contributed by atoms with E-state index in [0.717, 1.165) is 11.4 Å². The minimum absolute atomic E-state index is 0.221. The SMILES string of the molecule is CN1/C(=C\C=C(/C#N)C(=O)O)C(C)(C)c2ccccc21. The summed E-state index contributed by atoms with van der Waals surface area (Å²) in [5, 5.41) is 17.7. The highest BCUT2D eigenvalue weighted by Crippen LogP contribution is 2.46. The Morgan fingerprint density at radius 2 is 2.05 bits per heavy atom. The summed E-state index contributed by atoms with van der Waals surface area (Å²) < 4.78 is 0. The number of hydrogen-bond acceptors (Lipinski definition) is 3. The largest absolute Gasteiger partial charge is 0.477 e. The van der Waals surface area contributed by atoms with Crippen LogP contribution >= 0.6 is 0 Å². The minimum Gasteiger partial charge on any atom is -0.477 e. The zero-order valence-electron chi connectivity index (χ0n) is 11.7. The highest BCUT2D eigenvalue weighted by atomic mass is 16.4. The van der Waals surface area contributed by atoms with E-state index in [2.05, 4.69) is 19.9 Å². The molecule has 0 saturated carbocycles. The van der Waals surface area contributed by atoms with Crippen LogP contribution in [0.4, 0.5) is 5.69 Å². The van der Waals surface area contributed by atoms with E-state index in [1.165, 1.54) is 11.6 Å². The van der Waals surface area contributed by atoms with Gasteiger partial charge in [0.25, 0.3) is 0 Å². The number of anilines is 1. The average molecular weight is 268 g/mol. The molecule has 0 unspecified atom stereocenters. The van der Waals surface area contributed by atoms with Gasteiger partial charge in [-0.05, 0) is 23.8 Å². The smallest absolute Gasteiger partial charge is 0.346 e. The third-order valence-corrected chi connectivity index (χ3v) is 3.70. The second kappa shape index (κ2) is 4.86. The first kappa shape index (κ1) is 13.9. The molecule has 2 rings (SSSR count). The molecule has 1 aromatic rings. The summed E-state index contributed by atoms with van der Waals surface area (Å²) in [5.74, 6) is -1.21. The Hall–Kier alpha value is -2.54. The first-order valence-electron chi connectivity index (χ1n) is 6.28. The van der Waals surface area contributed by atoms with Gasteiger partial charge in [0.2, 0.25) is 0 Å². The van der Waals surface area contributed by atoms with Gasteiger partial charge in [-0.25, -0.2) is 4.79 Å². The van der Waals surface area contributed by atoms with Gasteiger partial charge in [0.15, 0.2) is 0 Å². The highest BCUT2D eigenvalue weighted by molar-refractivity contribution is 5.91. The lowest BCUT2D eigenvalue weighted by molar-refractivity contribution is -0.132. The van der Waals surface area contributed by atoms with Crippen LogP contribution < -0.4 is 4.90 Å². The van der Waals surface area contributed by atoms with Crippen molar-refractivity contribution in [2.75, 3.05) is 11.9 Å². The molecule has 1 N–H and O–H groups in total. The summed E-state index contributed by atoms with van der Waals surface area (Å²) in [4.78, 5) is 12.9.